The molecule has 0 spiro atoms. The Morgan fingerprint density at radius 1 is 1.05 bits per heavy atom. The standard InChI is InChI=1S/C27H24N8O2/c1-17-14-19(35-16-28-15-29-35)12-13-21(17)27(2)34-33-26(37-27)32-24-25(36)30-22-11-7-6-10-20(22)23(31-24)18-8-4-3-5-9-18/h3-16,24,34H,1-2H3,(H,30,36)(H,32,33). The fraction of sp³-hybridized carbons (Fsp3) is 0.148. The van der Waals surface area contributed by atoms with Crippen LogP contribution in [0.2, 0.25) is 0 Å². The summed E-state index contributed by atoms with van der Waals surface area (Å²) in [6, 6.07) is 23.4. The summed E-state index contributed by atoms with van der Waals surface area (Å²) in [6.45, 7) is 3.88. The number of carbonyl (C=O) groups is 1. The summed E-state index contributed by atoms with van der Waals surface area (Å²) < 4.78 is 7.89. The van der Waals surface area contributed by atoms with Crippen molar-refractivity contribution in [3.8, 4) is 5.69 Å². The molecular formula is C27H24N8O2. The zero-order valence-corrected chi connectivity index (χ0v) is 20.2. The number of aromatic nitrogens is 3. The molecule has 0 bridgehead atoms. The maximum absolute atomic E-state index is 13.1. The number of aryl methyl sites for hydroxylation is 1. The van der Waals surface area contributed by atoms with Gasteiger partial charge in [-0.15, -0.1) is 0 Å². The molecule has 0 aliphatic carbocycles. The molecule has 2 aliphatic heterocycles. The van der Waals surface area contributed by atoms with Gasteiger partial charge in [0.2, 0.25) is 11.9 Å². The van der Waals surface area contributed by atoms with Crippen molar-refractivity contribution < 1.29 is 9.53 Å². The van der Waals surface area contributed by atoms with E-state index in [1.165, 1.54) is 6.33 Å². The number of anilines is 1. The topological polar surface area (TPSA) is 118 Å². The average molecular weight is 493 g/mol. The monoisotopic (exact) mass is 492 g/mol. The van der Waals surface area contributed by atoms with Gasteiger partial charge >= 0.3 is 6.02 Å². The lowest BCUT2D eigenvalue weighted by Gasteiger charge is -2.24. The second kappa shape index (κ2) is 8.99. The summed E-state index contributed by atoms with van der Waals surface area (Å²) >= 11 is 0. The molecule has 37 heavy (non-hydrogen) atoms. The van der Waals surface area contributed by atoms with Crippen molar-refractivity contribution in [3.05, 3.63) is 108 Å². The summed E-state index contributed by atoms with van der Waals surface area (Å²) in [4.78, 5) is 26.4. The molecule has 10 nitrogen and oxygen atoms in total. The number of aliphatic imine (C=N–C) groups is 2. The summed E-state index contributed by atoms with van der Waals surface area (Å²) in [6.07, 6.45) is 2.09. The van der Waals surface area contributed by atoms with Crippen LogP contribution in [0.3, 0.4) is 0 Å². The van der Waals surface area contributed by atoms with Gasteiger partial charge in [0.15, 0.2) is 0 Å². The number of nitrogens with zero attached hydrogens (tertiary/aromatic N) is 5. The van der Waals surface area contributed by atoms with E-state index in [1.807, 2.05) is 86.6 Å². The SMILES string of the molecule is Cc1cc(-n2cncn2)ccc1C1(C)NN/C(=N\C2N=C(c3ccccc3)c3ccccc3NC2=O)O1. The van der Waals surface area contributed by atoms with Crippen LogP contribution in [0.4, 0.5) is 5.69 Å². The van der Waals surface area contributed by atoms with Crippen LogP contribution in [0.25, 0.3) is 5.69 Å². The Morgan fingerprint density at radius 3 is 2.65 bits per heavy atom. The van der Waals surface area contributed by atoms with Gasteiger partial charge in [-0.1, -0.05) is 54.6 Å². The second-order valence-electron chi connectivity index (χ2n) is 8.91. The molecule has 1 amide bonds. The molecule has 10 heteroatoms. The Balaban J connectivity index is 1.32. The van der Waals surface area contributed by atoms with Gasteiger partial charge in [-0.2, -0.15) is 15.5 Å². The first-order valence-electron chi connectivity index (χ1n) is 11.8. The van der Waals surface area contributed by atoms with Crippen LogP contribution < -0.4 is 16.2 Å². The van der Waals surface area contributed by atoms with Gasteiger partial charge in [-0.05, 0) is 37.6 Å². The quantitative estimate of drug-likeness (QED) is 0.403. The van der Waals surface area contributed by atoms with E-state index in [-0.39, 0.29) is 11.9 Å². The van der Waals surface area contributed by atoms with E-state index in [0.29, 0.717) is 11.4 Å². The fourth-order valence-corrected chi connectivity index (χ4v) is 4.54. The molecule has 4 aromatic rings. The maximum atomic E-state index is 13.1. The highest BCUT2D eigenvalue weighted by Gasteiger charge is 2.38. The summed E-state index contributed by atoms with van der Waals surface area (Å²) in [7, 11) is 0. The number of benzene rings is 3. The van der Waals surface area contributed by atoms with E-state index >= 15 is 0 Å². The van der Waals surface area contributed by atoms with Gasteiger partial charge < -0.3 is 10.1 Å². The average Bonchev–Trinajstić information content (AvgIpc) is 3.55. The Morgan fingerprint density at radius 2 is 1.86 bits per heavy atom. The molecule has 2 aliphatic rings. The van der Waals surface area contributed by atoms with Gasteiger partial charge in [0.1, 0.15) is 12.7 Å². The molecule has 1 aromatic heterocycles. The zero-order valence-electron chi connectivity index (χ0n) is 20.2. The molecule has 0 radical (unpaired) electrons. The molecule has 3 aromatic carbocycles. The third kappa shape index (κ3) is 4.23. The number of para-hydroxylation sites is 1. The van der Waals surface area contributed by atoms with Crippen LogP contribution in [-0.2, 0) is 15.3 Å². The van der Waals surface area contributed by atoms with Crippen LogP contribution in [0.15, 0.2) is 95.4 Å². The number of fused-ring (bicyclic) bond motifs is 1. The number of hydrogen-bond acceptors (Lipinski definition) is 7. The number of amidine groups is 1. The highest BCUT2D eigenvalue weighted by molar-refractivity contribution is 6.19. The number of nitrogens with one attached hydrogen (secondary N) is 3. The Labute approximate surface area is 213 Å². The highest BCUT2D eigenvalue weighted by atomic mass is 16.6. The number of hydrogen-bond donors (Lipinski definition) is 3. The van der Waals surface area contributed by atoms with Gasteiger partial charge in [-0.3, -0.25) is 10.2 Å². The van der Waals surface area contributed by atoms with Crippen molar-refractivity contribution >= 4 is 23.3 Å². The molecule has 3 N–H and O–H groups in total. The van der Waals surface area contributed by atoms with E-state index in [9.17, 15) is 4.79 Å². The van der Waals surface area contributed by atoms with Crippen molar-refractivity contribution in [1.29, 1.82) is 0 Å². The normalized spacial score (nSPS) is 21.9. The minimum absolute atomic E-state index is 0.171. The zero-order chi connectivity index (χ0) is 25.4. The minimum atomic E-state index is -1.05. The molecule has 2 atom stereocenters. The minimum Gasteiger partial charge on any atom is -0.437 e. The third-order valence-corrected chi connectivity index (χ3v) is 6.33. The van der Waals surface area contributed by atoms with Crippen LogP contribution in [0, 0.1) is 6.92 Å². The van der Waals surface area contributed by atoms with Crippen molar-refractivity contribution in [2.45, 2.75) is 25.7 Å². The summed E-state index contributed by atoms with van der Waals surface area (Å²) in [5.74, 6) is -0.349. The van der Waals surface area contributed by atoms with Crippen molar-refractivity contribution in [1.82, 2.24) is 25.6 Å². The molecule has 1 fully saturated rings. The molecule has 0 saturated carbocycles. The van der Waals surface area contributed by atoms with Crippen LogP contribution >= 0.6 is 0 Å². The Bertz CT molecular complexity index is 1530. The molecule has 1 saturated heterocycles. The first kappa shape index (κ1) is 22.6. The predicted octanol–water partition coefficient (Wildman–Crippen LogP) is 3.04. The van der Waals surface area contributed by atoms with Gasteiger partial charge in [0, 0.05) is 16.7 Å². The summed E-state index contributed by atoms with van der Waals surface area (Å²) in [5, 5.41) is 7.13. The van der Waals surface area contributed by atoms with E-state index < -0.39 is 11.9 Å². The lowest BCUT2D eigenvalue weighted by Crippen LogP contribution is -2.40. The molecule has 3 heterocycles. The second-order valence-corrected chi connectivity index (χ2v) is 8.91. The van der Waals surface area contributed by atoms with Crippen LogP contribution in [-0.4, -0.2) is 38.6 Å². The van der Waals surface area contributed by atoms with E-state index in [1.54, 1.807) is 11.0 Å². The molecular weight excluding hydrogens is 468 g/mol. The van der Waals surface area contributed by atoms with Gasteiger partial charge in [0.05, 0.1) is 17.1 Å². The lowest BCUT2D eigenvalue weighted by molar-refractivity contribution is -0.117. The van der Waals surface area contributed by atoms with Gasteiger partial charge in [0.25, 0.3) is 5.91 Å². The first-order chi connectivity index (χ1) is 18.0. The molecule has 2 unspecified atom stereocenters. The first-order valence-corrected chi connectivity index (χ1v) is 11.8. The van der Waals surface area contributed by atoms with E-state index in [2.05, 4.69) is 31.2 Å². The van der Waals surface area contributed by atoms with Crippen LogP contribution in [0.1, 0.15) is 29.2 Å². The number of benzodiazepines with no additional fused rings is 1. The maximum Gasteiger partial charge on any atom is 0.304 e. The van der Waals surface area contributed by atoms with E-state index in [0.717, 1.165) is 27.9 Å². The van der Waals surface area contributed by atoms with Crippen molar-refractivity contribution in [2.75, 3.05) is 5.32 Å². The Hall–Kier alpha value is -4.83. The largest absolute Gasteiger partial charge is 0.437 e. The van der Waals surface area contributed by atoms with Crippen molar-refractivity contribution in [2.24, 2.45) is 9.98 Å². The fourth-order valence-electron chi connectivity index (χ4n) is 4.54. The number of carbonyl (C=O) groups excluding carboxylic acids is 1. The predicted molar refractivity (Wildman–Crippen MR) is 139 cm³/mol. The number of amides is 1. The number of hydrazine groups is 1. The molecule has 6 rings (SSSR count). The third-order valence-electron chi connectivity index (χ3n) is 6.33. The number of ether oxygens (including phenoxy) is 1. The smallest absolute Gasteiger partial charge is 0.304 e. The Kier molecular flexibility index (Phi) is 5.50. The van der Waals surface area contributed by atoms with E-state index in [4.69, 9.17) is 9.73 Å². The van der Waals surface area contributed by atoms with Crippen LogP contribution in [0.5, 0.6) is 0 Å². The summed E-state index contributed by atoms with van der Waals surface area (Å²) in [5.41, 5.74) is 11.1. The lowest BCUT2D eigenvalue weighted by atomic mass is 9.99. The molecule has 184 valence electrons. The number of rotatable bonds is 4. The van der Waals surface area contributed by atoms with Gasteiger partial charge in [-0.25, -0.2) is 14.7 Å². The van der Waals surface area contributed by atoms with Crippen molar-refractivity contribution in [3.63, 3.8) is 0 Å². The highest BCUT2D eigenvalue weighted by Crippen LogP contribution is 2.30.